The van der Waals surface area contributed by atoms with Crippen molar-refractivity contribution in [1.29, 1.82) is 0 Å². The van der Waals surface area contributed by atoms with E-state index in [-0.39, 0.29) is 12.4 Å². The van der Waals surface area contributed by atoms with Crippen molar-refractivity contribution in [2.24, 2.45) is 5.73 Å². The number of hydrogen-bond donors (Lipinski definition) is 1. The summed E-state index contributed by atoms with van der Waals surface area (Å²) < 4.78 is 0. The lowest BCUT2D eigenvalue weighted by Crippen LogP contribution is -1.94. The van der Waals surface area contributed by atoms with Crippen LogP contribution in [0.5, 0.6) is 0 Å². The second kappa shape index (κ2) is 8.33. The molecule has 0 aliphatic heterocycles. The molecular weight excluding hydrogens is 302 g/mol. The van der Waals surface area contributed by atoms with Gasteiger partial charge in [-0.1, -0.05) is 31.2 Å². The lowest BCUT2D eigenvalue weighted by atomic mass is 9.90. The van der Waals surface area contributed by atoms with Crippen molar-refractivity contribution in [2.75, 3.05) is 6.54 Å². The Morgan fingerprint density at radius 1 is 0.739 bits per heavy atom. The number of halogens is 1. The first kappa shape index (κ1) is 19.5. The molecule has 0 radical (unpaired) electrons. The first-order valence-corrected chi connectivity index (χ1v) is 8.10. The van der Waals surface area contributed by atoms with E-state index in [1.165, 1.54) is 43.8 Å². The van der Waals surface area contributed by atoms with E-state index in [9.17, 15) is 0 Å². The Hall–Kier alpha value is -1.57. The van der Waals surface area contributed by atoms with Gasteiger partial charge in [-0.25, -0.2) is 0 Å². The smallest absolute Gasteiger partial charge is 0.00799 e. The highest BCUT2D eigenvalue weighted by Gasteiger charge is 2.09. The molecule has 23 heavy (non-hydrogen) atoms. The van der Waals surface area contributed by atoms with Gasteiger partial charge in [0.1, 0.15) is 0 Å². The molecule has 0 unspecified atom stereocenters. The molecule has 2 heteroatoms. The second-order valence-corrected chi connectivity index (χ2v) is 6.03. The van der Waals surface area contributed by atoms with Crippen LogP contribution in [0, 0.1) is 27.7 Å². The van der Waals surface area contributed by atoms with Gasteiger partial charge in [-0.15, -0.1) is 12.4 Å². The van der Waals surface area contributed by atoms with E-state index in [0.717, 1.165) is 13.0 Å². The monoisotopic (exact) mass is 329 g/mol. The molecule has 3 aromatic rings. The largest absolute Gasteiger partial charge is 0.330 e. The third-order valence-electron chi connectivity index (χ3n) is 4.67. The summed E-state index contributed by atoms with van der Waals surface area (Å²) in [5.74, 6) is 0. The summed E-state index contributed by atoms with van der Waals surface area (Å²) in [7, 11) is 0. The van der Waals surface area contributed by atoms with Crippen LogP contribution in [0.1, 0.15) is 35.6 Å². The SMILES string of the molecule is CCCN.Cc1c(C)c(C)c2cc3ccccc3cc2c1C.Cl. The van der Waals surface area contributed by atoms with Gasteiger partial charge in [-0.05, 0) is 96.6 Å². The molecule has 0 aromatic heterocycles. The zero-order chi connectivity index (χ0) is 16.3. The Morgan fingerprint density at radius 3 is 1.39 bits per heavy atom. The fraction of sp³-hybridized carbons (Fsp3) is 0.333. The Labute approximate surface area is 146 Å². The van der Waals surface area contributed by atoms with Crippen molar-refractivity contribution in [2.45, 2.75) is 41.0 Å². The molecule has 0 atom stereocenters. The van der Waals surface area contributed by atoms with Crippen LogP contribution in [0.3, 0.4) is 0 Å². The summed E-state index contributed by atoms with van der Waals surface area (Å²) in [6, 6.07) is 13.3. The number of fused-ring (bicyclic) bond motifs is 2. The molecule has 0 saturated heterocycles. The molecule has 124 valence electrons. The second-order valence-electron chi connectivity index (χ2n) is 6.03. The Morgan fingerprint density at radius 2 is 1.09 bits per heavy atom. The van der Waals surface area contributed by atoms with Gasteiger partial charge < -0.3 is 5.73 Å². The first-order valence-electron chi connectivity index (χ1n) is 8.10. The third-order valence-corrected chi connectivity index (χ3v) is 4.67. The van der Waals surface area contributed by atoms with Crippen LogP contribution in [0.25, 0.3) is 21.5 Å². The highest BCUT2D eigenvalue weighted by molar-refractivity contribution is 6.01. The van der Waals surface area contributed by atoms with E-state index in [1.54, 1.807) is 0 Å². The maximum atomic E-state index is 5.03. The maximum Gasteiger partial charge on any atom is -0.00799 e. The van der Waals surface area contributed by atoms with E-state index in [4.69, 9.17) is 5.73 Å². The third kappa shape index (κ3) is 3.85. The van der Waals surface area contributed by atoms with E-state index in [2.05, 4.69) is 71.0 Å². The lowest BCUT2D eigenvalue weighted by Gasteiger charge is -2.15. The van der Waals surface area contributed by atoms with E-state index >= 15 is 0 Å². The fourth-order valence-corrected chi connectivity index (χ4v) is 2.83. The maximum absolute atomic E-state index is 5.03. The normalized spacial score (nSPS) is 10.2. The molecule has 0 spiro atoms. The van der Waals surface area contributed by atoms with E-state index in [1.807, 2.05) is 0 Å². The van der Waals surface area contributed by atoms with Crippen molar-refractivity contribution < 1.29 is 0 Å². The molecule has 0 fully saturated rings. The van der Waals surface area contributed by atoms with Crippen LogP contribution in [0.4, 0.5) is 0 Å². The predicted octanol–water partition coefficient (Wildman–Crippen LogP) is 6.00. The van der Waals surface area contributed by atoms with Gasteiger partial charge in [0, 0.05) is 0 Å². The molecule has 0 saturated carbocycles. The zero-order valence-electron chi connectivity index (χ0n) is 14.9. The molecule has 0 heterocycles. The predicted molar refractivity (Wildman–Crippen MR) is 107 cm³/mol. The Bertz CT molecular complexity index is 738. The van der Waals surface area contributed by atoms with Gasteiger partial charge in [0.05, 0.1) is 0 Å². The van der Waals surface area contributed by atoms with Gasteiger partial charge in [-0.3, -0.25) is 0 Å². The van der Waals surface area contributed by atoms with Crippen LogP contribution < -0.4 is 5.73 Å². The van der Waals surface area contributed by atoms with Crippen molar-refractivity contribution >= 4 is 34.0 Å². The van der Waals surface area contributed by atoms with Crippen molar-refractivity contribution in [3.05, 3.63) is 58.7 Å². The van der Waals surface area contributed by atoms with Crippen LogP contribution in [0.2, 0.25) is 0 Å². The minimum absolute atomic E-state index is 0. The van der Waals surface area contributed by atoms with Gasteiger partial charge in [0.15, 0.2) is 0 Å². The molecule has 3 aromatic carbocycles. The summed E-state index contributed by atoms with van der Waals surface area (Å²) >= 11 is 0. The molecule has 0 aliphatic rings. The number of benzene rings is 3. The number of rotatable bonds is 1. The minimum atomic E-state index is 0. The lowest BCUT2D eigenvalue weighted by molar-refractivity contribution is 0.932. The van der Waals surface area contributed by atoms with Gasteiger partial charge >= 0.3 is 0 Å². The minimum Gasteiger partial charge on any atom is -0.330 e. The summed E-state index contributed by atoms with van der Waals surface area (Å²) in [4.78, 5) is 0. The van der Waals surface area contributed by atoms with Crippen LogP contribution in [-0.2, 0) is 0 Å². The number of aryl methyl sites for hydroxylation is 2. The molecule has 1 nitrogen and oxygen atoms in total. The van der Waals surface area contributed by atoms with Gasteiger partial charge in [0.2, 0.25) is 0 Å². The van der Waals surface area contributed by atoms with Crippen LogP contribution >= 0.6 is 12.4 Å². The molecule has 3 rings (SSSR count). The average Bonchev–Trinajstić information content (AvgIpc) is 2.57. The van der Waals surface area contributed by atoms with Crippen molar-refractivity contribution in [3.63, 3.8) is 0 Å². The standard InChI is InChI=1S/C18H18.C3H9N.ClH/c1-11-12(2)14(4)18-10-16-8-6-5-7-15(16)9-17(18)13(11)3;1-2-3-4;/h5-10H,1-4H3;2-4H2,1H3;1H. The topological polar surface area (TPSA) is 26.0 Å². The molecule has 0 aliphatic carbocycles. The fourth-order valence-electron chi connectivity index (χ4n) is 2.83. The molecular formula is C21H28ClN. The summed E-state index contributed by atoms with van der Waals surface area (Å²) in [5, 5.41) is 5.45. The van der Waals surface area contributed by atoms with Crippen LogP contribution in [-0.4, -0.2) is 6.54 Å². The average molecular weight is 330 g/mol. The van der Waals surface area contributed by atoms with E-state index < -0.39 is 0 Å². The first-order chi connectivity index (χ1) is 10.5. The molecule has 0 bridgehead atoms. The molecule has 2 N–H and O–H groups in total. The van der Waals surface area contributed by atoms with Crippen molar-refractivity contribution in [3.8, 4) is 0 Å². The van der Waals surface area contributed by atoms with E-state index in [0.29, 0.717) is 0 Å². The highest BCUT2D eigenvalue weighted by Crippen LogP contribution is 2.32. The zero-order valence-corrected chi connectivity index (χ0v) is 15.7. The number of nitrogens with two attached hydrogens (primary N) is 1. The number of hydrogen-bond acceptors (Lipinski definition) is 1. The van der Waals surface area contributed by atoms with Gasteiger partial charge in [-0.2, -0.15) is 0 Å². The Balaban J connectivity index is 0.000000478. The molecule has 0 amide bonds. The van der Waals surface area contributed by atoms with Crippen LogP contribution in [0.15, 0.2) is 36.4 Å². The quantitative estimate of drug-likeness (QED) is 0.544. The highest BCUT2D eigenvalue weighted by atomic mass is 35.5. The summed E-state index contributed by atoms with van der Waals surface area (Å²) in [6.45, 7) is 11.8. The Kier molecular flexibility index (Phi) is 7.05. The summed E-state index contributed by atoms with van der Waals surface area (Å²) in [5.41, 5.74) is 10.7. The van der Waals surface area contributed by atoms with Crippen molar-refractivity contribution in [1.82, 2.24) is 0 Å². The summed E-state index contributed by atoms with van der Waals surface area (Å²) in [6.07, 6.45) is 1.10. The van der Waals surface area contributed by atoms with Gasteiger partial charge in [0.25, 0.3) is 0 Å².